The number of halogens is 1. The van der Waals surface area contributed by atoms with Crippen LogP contribution in [0.3, 0.4) is 0 Å². The van der Waals surface area contributed by atoms with Gasteiger partial charge in [0, 0.05) is 35.1 Å². The molecule has 102 valence electrons. The van der Waals surface area contributed by atoms with Crippen molar-refractivity contribution in [2.24, 2.45) is 0 Å². The van der Waals surface area contributed by atoms with E-state index in [2.05, 4.69) is 27.9 Å². The molecule has 1 aromatic rings. The van der Waals surface area contributed by atoms with Crippen molar-refractivity contribution in [3.05, 3.63) is 34.3 Å². The lowest BCUT2D eigenvalue weighted by Crippen LogP contribution is -2.31. The summed E-state index contributed by atoms with van der Waals surface area (Å²) in [6.45, 7) is 0. The molecule has 0 aliphatic carbocycles. The molecule has 1 aliphatic rings. The third kappa shape index (κ3) is 3.76. The summed E-state index contributed by atoms with van der Waals surface area (Å²) >= 11 is 5.40. The van der Waals surface area contributed by atoms with Gasteiger partial charge in [0.05, 0.1) is 0 Å². The van der Waals surface area contributed by atoms with E-state index in [0.717, 1.165) is 21.5 Å². The van der Waals surface area contributed by atoms with Gasteiger partial charge in [-0.15, -0.1) is 0 Å². The molecule has 1 unspecified atom stereocenters. The predicted molar refractivity (Wildman–Crippen MR) is 84.9 cm³/mol. The first-order valence-corrected chi connectivity index (χ1v) is 8.04. The number of anilines is 1. The average Bonchev–Trinajstić information content (AvgIpc) is 2.89. The molecule has 0 amide bonds. The van der Waals surface area contributed by atoms with Crippen molar-refractivity contribution < 1.29 is 9.90 Å². The maximum atomic E-state index is 10.7. The molecule has 2 rings (SSSR count). The van der Waals surface area contributed by atoms with E-state index in [1.165, 1.54) is 18.2 Å². The fourth-order valence-electron chi connectivity index (χ4n) is 2.17. The number of carbonyl (C=O) groups is 1. The lowest BCUT2D eigenvalue weighted by molar-refractivity contribution is -0.131. The van der Waals surface area contributed by atoms with Gasteiger partial charge in [-0.2, -0.15) is 11.8 Å². The molecular formula is C14H16BrNO2S. The molecule has 1 atom stereocenters. The first-order chi connectivity index (χ1) is 9.08. The van der Waals surface area contributed by atoms with Gasteiger partial charge in [0.2, 0.25) is 0 Å². The molecule has 5 heteroatoms. The highest BCUT2D eigenvalue weighted by Gasteiger charge is 2.21. The Morgan fingerprint density at radius 1 is 1.58 bits per heavy atom. The Balaban J connectivity index is 2.30. The quantitative estimate of drug-likeness (QED) is 0.851. The Bertz CT molecular complexity index is 498. The number of thioether (sulfide) groups is 1. The molecule has 0 spiro atoms. The molecule has 0 bridgehead atoms. The van der Waals surface area contributed by atoms with Crippen LogP contribution in [-0.2, 0) is 4.79 Å². The highest BCUT2D eigenvalue weighted by molar-refractivity contribution is 9.10. The van der Waals surface area contributed by atoms with Crippen LogP contribution in [0.2, 0.25) is 0 Å². The summed E-state index contributed by atoms with van der Waals surface area (Å²) in [5.41, 5.74) is 2.00. The fourth-order valence-corrected chi connectivity index (χ4v) is 3.81. The first-order valence-electron chi connectivity index (χ1n) is 6.09. The molecule has 1 aromatic carbocycles. The first kappa shape index (κ1) is 14.5. The Hall–Kier alpha value is -0.940. The van der Waals surface area contributed by atoms with Gasteiger partial charge in [0.25, 0.3) is 0 Å². The summed E-state index contributed by atoms with van der Waals surface area (Å²) in [5.74, 6) is 1.41. The zero-order chi connectivity index (χ0) is 13.8. The highest BCUT2D eigenvalue weighted by atomic mass is 79.9. The molecule has 0 radical (unpaired) electrons. The van der Waals surface area contributed by atoms with Crippen molar-refractivity contribution in [2.75, 3.05) is 23.5 Å². The second kappa shape index (κ2) is 6.48. The molecule has 3 nitrogen and oxygen atoms in total. The Morgan fingerprint density at radius 2 is 2.37 bits per heavy atom. The van der Waals surface area contributed by atoms with Gasteiger partial charge in [-0.1, -0.05) is 15.9 Å². The Kier molecular flexibility index (Phi) is 4.93. The highest BCUT2D eigenvalue weighted by Crippen LogP contribution is 2.30. The van der Waals surface area contributed by atoms with Gasteiger partial charge in [-0.05, 0) is 42.0 Å². The lowest BCUT2D eigenvalue weighted by atomic mass is 10.1. The molecular weight excluding hydrogens is 326 g/mol. The summed E-state index contributed by atoms with van der Waals surface area (Å²) in [6.07, 6.45) is 4.02. The summed E-state index contributed by atoms with van der Waals surface area (Å²) in [5, 5.41) is 8.77. The van der Waals surface area contributed by atoms with Crippen LogP contribution >= 0.6 is 27.7 Å². The van der Waals surface area contributed by atoms with Gasteiger partial charge in [0.15, 0.2) is 0 Å². The van der Waals surface area contributed by atoms with E-state index in [0.29, 0.717) is 6.04 Å². The maximum Gasteiger partial charge on any atom is 0.328 e. The van der Waals surface area contributed by atoms with Gasteiger partial charge in [0.1, 0.15) is 0 Å². The van der Waals surface area contributed by atoms with Crippen LogP contribution in [0.25, 0.3) is 6.08 Å². The van der Waals surface area contributed by atoms with E-state index in [4.69, 9.17) is 5.11 Å². The zero-order valence-corrected chi connectivity index (χ0v) is 13.1. The van der Waals surface area contributed by atoms with E-state index >= 15 is 0 Å². The van der Waals surface area contributed by atoms with Crippen molar-refractivity contribution in [1.82, 2.24) is 0 Å². The van der Waals surface area contributed by atoms with Crippen molar-refractivity contribution in [3.8, 4) is 0 Å². The minimum atomic E-state index is -0.926. The van der Waals surface area contributed by atoms with Gasteiger partial charge in [-0.25, -0.2) is 4.79 Å². The lowest BCUT2D eigenvalue weighted by Gasteiger charge is -2.27. The topological polar surface area (TPSA) is 40.5 Å². The van der Waals surface area contributed by atoms with Gasteiger partial charge >= 0.3 is 5.97 Å². The number of carboxylic acids is 1. The van der Waals surface area contributed by atoms with E-state index in [9.17, 15) is 4.79 Å². The SMILES string of the molecule is CN(c1ccc(Br)cc1/C=C/C(=O)O)C1CCSC1. The largest absolute Gasteiger partial charge is 0.478 e. The molecule has 1 saturated heterocycles. The number of benzene rings is 1. The van der Waals surface area contributed by atoms with E-state index < -0.39 is 5.97 Å². The molecule has 1 aliphatic heterocycles. The summed E-state index contributed by atoms with van der Waals surface area (Å²) < 4.78 is 0.954. The normalized spacial score (nSPS) is 18.9. The smallest absolute Gasteiger partial charge is 0.328 e. The average molecular weight is 342 g/mol. The summed E-state index contributed by atoms with van der Waals surface area (Å²) in [7, 11) is 2.08. The standard InChI is InChI=1S/C14H16BrNO2S/c1-16(12-6-7-19-9-12)13-4-3-11(15)8-10(13)2-5-14(17)18/h2-5,8,12H,6-7,9H2,1H3,(H,17,18)/b5-2+. The number of rotatable bonds is 4. The van der Waals surface area contributed by atoms with Crippen LogP contribution in [0.15, 0.2) is 28.7 Å². The van der Waals surface area contributed by atoms with Crippen molar-refractivity contribution in [3.63, 3.8) is 0 Å². The van der Waals surface area contributed by atoms with Gasteiger partial charge in [-0.3, -0.25) is 0 Å². The van der Waals surface area contributed by atoms with Crippen molar-refractivity contribution in [2.45, 2.75) is 12.5 Å². The third-order valence-electron chi connectivity index (χ3n) is 3.23. The number of carboxylic acid groups (broad SMARTS) is 1. The molecule has 0 aromatic heterocycles. The summed E-state index contributed by atoms with van der Waals surface area (Å²) in [6, 6.07) is 6.51. The fraction of sp³-hybridized carbons (Fsp3) is 0.357. The Labute approximate surface area is 125 Å². The number of hydrogen-bond donors (Lipinski definition) is 1. The monoisotopic (exact) mass is 341 g/mol. The molecule has 1 heterocycles. The van der Waals surface area contributed by atoms with E-state index in [-0.39, 0.29) is 0 Å². The van der Waals surface area contributed by atoms with E-state index in [1.807, 2.05) is 30.0 Å². The predicted octanol–water partition coefficient (Wildman–Crippen LogP) is 3.49. The Morgan fingerprint density at radius 3 is 3.00 bits per heavy atom. The van der Waals surface area contributed by atoms with Gasteiger partial charge < -0.3 is 10.0 Å². The molecule has 0 saturated carbocycles. The minimum Gasteiger partial charge on any atom is -0.478 e. The third-order valence-corrected chi connectivity index (χ3v) is 4.87. The van der Waals surface area contributed by atoms with Crippen molar-refractivity contribution >= 4 is 45.4 Å². The maximum absolute atomic E-state index is 10.7. The zero-order valence-electron chi connectivity index (χ0n) is 10.7. The molecule has 1 fully saturated rings. The van der Waals surface area contributed by atoms with Crippen LogP contribution in [0.5, 0.6) is 0 Å². The van der Waals surface area contributed by atoms with Crippen LogP contribution in [-0.4, -0.2) is 35.7 Å². The second-order valence-corrected chi connectivity index (χ2v) is 6.57. The molecule has 19 heavy (non-hydrogen) atoms. The summed E-state index contributed by atoms with van der Waals surface area (Å²) in [4.78, 5) is 12.9. The number of hydrogen-bond acceptors (Lipinski definition) is 3. The minimum absolute atomic E-state index is 0.531. The van der Waals surface area contributed by atoms with Crippen LogP contribution in [0.1, 0.15) is 12.0 Å². The van der Waals surface area contributed by atoms with E-state index in [1.54, 1.807) is 6.08 Å². The van der Waals surface area contributed by atoms with Crippen LogP contribution < -0.4 is 4.90 Å². The number of aliphatic carboxylic acids is 1. The number of nitrogens with zero attached hydrogens (tertiary/aromatic N) is 1. The molecule has 1 N–H and O–H groups in total. The second-order valence-electron chi connectivity index (χ2n) is 4.50. The van der Waals surface area contributed by atoms with Crippen LogP contribution in [0, 0.1) is 0 Å². The van der Waals surface area contributed by atoms with Crippen LogP contribution in [0.4, 0.5) is 5.69 Å². The van der Waals surface area contributed by atoms with Crippen molar-refractivity contribution in [1.29, 1.82) is 0 Å².